The van der Waals surface area contributed by atoms with Gasteiger partial charge in [-0.2, -0.15) is 0 Å². The van der Waals surface area contributed by atoms with Crippen LogP contribution in [-0.4, -0.2) is 7.11 Å². The number of rotatable bonds is 4. The molecule has 0 aliphatic carbocycles. The summed E-state index contributed by atoms with van der Waals surface area (Å²) in [5.41, 5.74) is 4.39. The molecular weight excluding hydrogens is 338 g/mol. The zero-order valence-corrected chi connectivity index (χ0v) is 14.1. The largest absolute Gasteiger partial charge is 0.496 e. The zero-order valence-electron chi connectivity index (χ0n) is 11.8. The van der Waals surface area contributed by atoms with Gasteiger partial charge >= 0.3 is 0 Å². The van der Waals surface area contributed by atoms with Crippen LogP contribution in [-0.2, 0) is 6.54 Å². The van der Waals surface area contributed by atoms with Gasteiger partial charge in [-0.05, 0) is 64.7 Å². The van der Waals surface area contributed by atoms with Crippen molar-refractivity contribution in [1.29, 1.82) is 0 Å². The SMILES string of the molecule is COc1ccc(CNc2cc(Cl)c(C)cc2Br)cc1C. The van der Waals surface area contributed by atoms with Crippen molar-refractivity contribution in [3.63, 3.8) is 0 Å². The molecule has 0 unspecified atom stereocenters. The van der Waals surface area contributed by atoms with Crippen LogP contribution in [0.15, 0.2) is 34.8 Å². The number of hydrogen-bond donors (Lipinski definition) is 1. The third-order valence-electron chi connectivity index (χ3n) is 3.19. The summed E-state index contributed by atoms with van der Waals surface area (Å²) < 4.78 is 6.28. The molecule has 2 aromatic rings. The van der Waals surface area contributed by atoms with Gasteiger partial charge in [-0.25, -0.2) is 0 Å². The predicted octanol–water partition coefficient (Wildman–Crippen LogP) is 5.34. The molecule has 0 spiro atoms. The quantitative estimate of drug-likeness (QED) is 0.800. The van der Waals surface area contributed by atoms with E-state index in [0.29, 0.717) is 0 Å². The minimum absolute atomic E-state index is 0.739. The Balaban J connectivity index is 2.13. The first-order valence-electron chi connectivity index (χ1n) is 6.34. The third-order valence-corrected chi connectivity index (χ3v) is 4.25. The van der Waals surface area contributed by atoms with Crippen LogP contribution in [0.2, 0.25) is 5.02 Å². The summed E-state index contributed by atoms with van der Waals surface area (Å²) >= 11 is 9.71. The van der Waals surface area contributed by atoms with Gasteiger partial charge in [0.2, 0.25) is 0 Å². The molecule has 2 aromatic carbocycles. The van der Waals surface area contributed by atoms with E-state index in [-0.39, 0.29) is 0 Å². The van der Waals surface area contributed by atoms with Crippen molar-refractivity contribution in [2.45, 2.75) is 20.4 Å². The number of hydrogen-bond acceptors (Lipinski definition) is 2. The lowest BCUT2D eigenvalue weighted by molar-refractivity contribution is 0.411. The number of halogens is 2. The summed E-state index contributed by atoms with van der Waals surface area (Å²) in [4.78, 5) is 0. The molecule has 1 N–H and O–H groups in total. The molecule has 106 valence electrons. The molecule has 0 aliphatic rings. The van der Waals surface area contributed by atoms with Gasteiger partial charge in [0.25, 0.3) is 0 Å². The van der Waals surface area contributed by atoms with Crippen LogP contribution in [0, 0.1) is 13.8 Å². The molecule has 0 amide bonds. The fraction of sp³-hybridized carbons (Fsp3) is 0.250. The molecule has 0 bridgehead atoms. The monoisotopic (exact) mass is 353 g/mol. The van der Waals surface area contributed by atoms with Crippen LogP contribution in [0.4, 0.5) is 5.69 Å². The summed E-state index contributed by atoms with van der Waals surface area (Å²) in [6.45, 7) is 4.77. The number of benzene rings is 2. The second-order valence-electron chi connectivity index (χ2n) is 4.74. The summed E-state index contributed by atoms with van der Waals surface area (Å²) in [7, 11) is 1.69. The smallest absolute Gasteiger partial charge is 0.121 e. The summed E-state index contributed by atoms with van der Waals surface area (Å²) in [5.74, 6) is 0.910. The summed E-state index contributed by atoms with van der Waals surface area (Å²) in [6, 6.07) is 10.1. The van der Waals surface area contributed by atoms with Gasteiger partial charge < -0.3 is 10.1 Å². The molecule has 2 nitrogen and oxygen atoms in total. The highest BCUT2D eigenvalue weighted by Gasteiger charge is 2.05. The summed E-state index contributed by atoms with van der Waals surface area (Å²) in [6.07, 6.45) is 0. The molecule has 2 rings (SSSR count). The topological polar surface area (TPSA) is 21.3 Å². The first kappa shape index (κ1) is 15.2. The van der Waals surface area contributed by atoms with Crippen LogP contribution >= 0.6 is 27.5 Å². The Hall–Kier alpha value is -1.19. The van der Waals surface area contributed by atoms with E-state index in [1.807, 2.05) is 32.0 Å². The van der Waals surface area contributed by atoms with E-state index < -0.39 is 0 Å². The maximum Gasteiger partial charge on any atom is 0.121 e. The van der Waals surface area contributed by atoms with Crippen molar-refractivity contribution in [2.24, 2.45) is 0 Å². The summed E-state index contributed by atoms with van der Waals surface area (Å²) in [5, 5.41) is 4.16. The Morgan fingerprint density at radius 3 is 2.55 bits per heavy atom. The van der Waals surface area contributed by atoms with Gasteiger partial charge in [-0.1, -0.05) is 23.7 Å². The Bertz CT molecular complexity index is 628. The van der Waals surface area contributed by atoms with E-state index in [0.717, 1.165) is 38.6 Å². The molecule has 4 heteroatoms. The number of nitrogens with one attached hydrogen (secondary N) is 1. The number of ether oxygens (including phenoxy) is 1. The van der Waals surface area contributed by atoms with E-state index in [1.54, 1.807) is 7.11 Å². The molecule has 0 heterocycles. The first-order chi connectivity index (χ1) is 9.51. The Labute approximate surface area is 133 Å². The normalized spacial score (nSPS) is 10.4. The zero-order chi connectivity index (χ0) is 14.7. The van der Waals surface area contributed by atoms with E-state index >= 15 is 0 Å². The van der Waals surface area contributed by atoms with Gasteiger partial charge in [-0.15, -0.1) is 0 Å². The molecule has 0 radical (unpaired) electrons. The van der Waals surface area contributed by atoms with Crippen molar-refractivity contribution in [3.05, 3.63) is 56.5 Å². The molecule has 0 saturated heterocycles. The standard InChI is InChI=1S/C16H17BrClNO/c1-10-7-13(17)15(8-14(10)18)19-9-12-4-5-16(20-3)11(2)6-12/h4-8,19H,9H2,1-3H3. The van der Waals surface area contributed by atoms with Gasteiger partial charge in [0, 0.05) is 16.0 Å². The molecule has 0 atom stereocenters. The Morgan fingerprint density at radius 2 is 1.90 bits per heavy atom. The molecule has 0 fully saturated rings. The van der Waals surface area contributed by atoms with Crippen LogP contribution in [0.5, 0.6) is 5.75 Å². The fourth-order valence-corrected chi connectivity index (χ4v) is 2.79. The third kappa shape index (κ3) is 3.47. The van der Waals surface area contributed by atoms with Crippen molar-refractivity contribution in [3.8, 4) is 5.75 Å². The second-order valence-corrected chi connectivity index (χ2v) is 6.00. The van der Waals surface area contributed by atoms with E-state index in [9.17, 15) is 0 Å². The molecule has 0 aromatic heterocycles. The highest BCUT2D eigenvalue weighted by atomic mass is 79.9. The minimum atomic E-state index is 0.739. The van der Waals surface area contributed by atoms with Gasteiger partial charge in [0.05, 0.1) is 12.8 Å². The maximum absolute atomic E-state index is 6.15. The predicted molar refractivity (Wildman–Crippen MR) is 88.9 cm³/mol. The van der Waals surface area contributed by atoms with E-state index in [1.165, 1.54) is 5.56 Å². The number of aryl methyl sites for hydroxylation is 2. The van der Waals surface area contributed by atoms with Crippen LogP contribution in [0.3, 0.4) is 0 Å². The molecular formula is C16H17BrClNO. The molecule has 0 saturated carbocycles. The Morgan fingerprint density at radius 1 is 1.15 bits per heavy atom. The van der Waals surface area contributed by atoms with E-state index in [4.69, 9.17) is 16.3 Å². The Kier molecular flexibility index (Phi) is 4.95. The van der Waals surface area contributed by atoms with Crippen molar-refractivity contribution in [1.82, 2.24) is 0 Å². The lowest BCUT2D eigenvalue weighted by atomic mass is 10.1. The first-order valence-corrected chi connectivity index (χ1v) is 7.51. The number of anilines is 1. The van der Waals surface area contributed by atoms with Crippen LogP contribution in [0.1, 0.15) is 16.7 Å². The highest BCUT2D eigenvalue weighted by molar-refractivity contribution is 9.10. The molecule has 20 heavy (non-hydrogen) atoms. The van der Waals surface area contributed by atoms with Gasteiger partial charge in [-0.3, -0.25) is 0 Å². The van der Waals surface area contributed by atoms with Crippen LogP contribution < -0.4 is 10.1 Å². The van der Waals surface area contributed by atoms with E-state index in [2.05, 4.69) is 33.4 Å². The lowest BCUT2D eigenvalue weighted by Gasteiger charge is -2.12. The van der Waals surface area contributed by atoms with Gasteiger partial charge in [0.1, 0.15) is 5.75 Å². The molecule has 0 aliphatic heterocycles. The van der Waals surface area contributed by atoms with Crippen molar-refractivity contribution >= 4 is 33.2 Å². The fourth-order valence-electron chi connectivity index (χ4n) is 2.03. The highest BCUT2D eigenvalue weighted by Crippen LogP contribution is 2.29. The van der Waals surface area contributed by atoms with Crippen molar-refractivity contribution in [2.75, 3.05) is 12.4 Å². The average molecular weight is 355 g/mol. The maximum atomic E-state index is 6.15. The van der Waals surface area contributed by atoms with Gasteiger partial charge in [0.15, 0.2) is 0 Å². The number of methoxy groups -OCH3 is 1. The average Bonchev–Trinajstić information content (AvgIpc) is 2.41. The minimum Gasteiger partial charge on any atom is -0.496 e. The van der Waals surface area contributed by atoms with Crippen molar-refractivity contribution < 1.29 is 4.74 Å². The van der Waals surface area contributed by atoms with Crippen LogP contribution in [0.25, 0.3) is 0 Å². The second kappa shape index (κ2) is 6.51. The lowest BCUT2D eigenvalue weighted by Crippen LogP contribution is -2.01.